The van der Waals surface area contributed by atoms with Gasteiger partial charge in [-0.1, -0.05) is 6.07 Å². The van der Waals surface area contributed by atoms with Gasteiger partial charge in [-0.3, -0.25) is 5.32 Å². The molecule has 1 rings (SSSR count). The van der Waals surface area contributed by atoms with Gasteiger partial charge in [0.2, 0.25) is 0 Å². The minimum Gasteiger partial charge on any atom is -0.478 e. The molecule has 0 aromatic heterocycles. The van der Waals surface area contributed by atoms with Crippen molar-refractivity contribution in [3.63, 3.8) is 0 Å². The highest BCUT2D eigenvalue weighted by Gasteiger charge is 2.20. The molecule has 0 atom stereocenters. The Kier molecular flexibility index (Phi) is 4.34. The van der Waals surface area contributed by atoms with Gasteiger partial charge in [0.05, 0.1) is 11.3 Å². The maximum absolute atomic E-state index is 11.6. The molecule has 0 aliphatic rings. The van der Waals surface area contributed by atoms with Crippen molar-refractivity contribution in [3.05, 3.63) is 28.2 Å². The number of rotatable bonds is 2. The van der Waals surface area contributed by atoms with Crippen molar-refractivity contribution in [2.24, 2.45) is 0 Å². The smallest absolute Gasteiger partial charge is 0.412 e. The van der Waals surface area contributed by atoms with Crippen LogP contribution in [0.3, 0.4) is 0 Å². The van der Waals surface area contributed by atoms with E-state index in [9.17, 15) is 9.59 Å². The predicted octanol–water partition coefficient (Wildman–Crippen LogP) is 3.49. The number of carboxylic acids is 1. The summed E-state index contributed by atoms with van der Waals surface area (Å²) in [6, 6.07) is 4.71. The predicted molar refractivity (Wildman–Crippen MR) is 71.0 cm³/mol. The largest absolute Gasteiger partial charge is 0.478 e. The minimum atomic E-state index is -1.13. The van der Waals surface area contributed by atoms with E-state index in [1.54, 1.807) is 32.9 Å². The van der Waals surface area contributed by atoms with Crippen LogP contribution >= 0.6 is 15.9 Å². The number of benzene rings is 1. The summed E-state index contributed by atoms with van der Waals surface area (Å²) in [7, 11) is 0. The van der Waals surface area contributed by atoms with Crippen molar-refractivity contribution in [1.82, 2.24) is 0 Å². The minimum absolute atomic E-state index is 0.0108. The summed E-state index contributed by atoms with van der Waals surface area (Å²) in [4.78, 5) is 22.7. The third kappa shape index (κ3) is 4.03. The molecule has 0 heterocycles. The van der Waals surface area contributed by atoms with E-state index in [-0.39, 0.29) is 11.3 Å². The van der Waals surface area contributed by atoms with Crippen LogP contribution in [0.1, 0.15) is 31.1 Å². The van der Waals surface area contributed by atoms with Gasteiger partial charge in [0, 0.05) is 4.47 Å². The molecular formula is C12H14BrNO4. The number of carbonyl (C=O) groups is 2. The Bertz CT molecular complexity index is 479. The van der Waals surface area contributed by atoms with Gasteiger partial charge < -0.3 is 9.84 Å². The van der Waals surface area contributed by atoms with Gasteiger partial charge >= 0.3 is 12.1 Å². The molecule has 5 nitrogen and oxygen atoms in total. The zero-order valence-corrected chi connectivity index (χ0v) is 11.9. The number of amides is 1. The van der Waals surface area contributed by atoms with E-state index in [2.05, 4.69) is 21.2 Å². The molecule has 0 radical (unpaired) electrons. The van der Waals surface area contributed by atoms with Crippen molar-refractivity contribution >= 4 is 33.7 Å². The molecule has 0 aliphatic carbocycles. The summed E-state index contributed by atoms with van der Waals surface area (Å²) in [6.45, 7) is 5.18. The number of nitrogens with one attached hydrogen (secondary N) is 1. The molecule has 0 unspecified atom stereocenters. The van der Waals surface area contributed by atoms with Crippen LogP contribution in [0.4, 0.5) is 10.5 Å². The summed E-state index contributed by atoms with van der Waals surface area (Å²) < 4.78 is 5.45. The first-order valence-corrected chi connectivity index (χ1v) is 6.02. The summed E-state index contributed by atoms with van der Waals surface area (Å²) in [5, 5.41) is 11.5. The van der Waals surface area contributed by atoms with Crippen molar-refractivity contribution in [2.75, 3.05) is 5.32 Å². The summed E-state index contributed by atoms with van der Waals surface area (Å²) >= 11 is 3.13. The zero-order chi connectivity index (χ0) is 13.9. The normalized spacial score (nSPS) is 10.9. The van der Waals surface area contributed by atoms with Gasteiger partial charge in [0.1, 0.15) is 5.60 Å². The lowest BCUT2D eigenvalue weighted by Crippen LogP contribution is -2.27. The Balaban J connectivity index is 2.95. The van der Waals surface area contributed by atoms with Crippen LogP contribution in [-0.2, 0) is 4.74 Å². The van der Waals surface area contributed by atoms with Crippen molar-refractivity contribution in [2.45, 2.75) is 26.4 Å². The maximum Gasteiger partial charge on any atom is 0.412 e. The number of carbonyl (C=O) groups excluding carboxylic acids is 1. The van der Waals surface area contributed by atoms with Gasteiger partial charge in [-0.2, -0.15) is 0 Å². The van der Waals surface area contributed by atoms with Crippen molar-refractivity contribution in [1.29, 1.82) is 0 Å². The Morgan fingerprint density at radius 3 is 2.44 bits per heavy atom. The van der Waals surface area contributed by atoms with Gasteiger partial charge in [-0.15, -0.1) is 0 Å². The molecule has 0 saturated heterocycles. The summed E-state index contributed by atoms with van der Waals surface area (Å²) in [5.41, 5.74) is -0.464. The highest BCUT2D eigenvalue weighted by Crippen LogP contribution is 2.25. The van der Waals surface area contributed by atoms with E-state index in [0.29, 0.717) is 4.47 Å². The van der Waals surface area contributed by atoms with Crippen LogP contribution in [0.2, 0.25) is 0 Å². The Morgan fingerprint density at radius 1 is 1.33 bits per heavy atom. The van der Waals surface area contributed by atoms with E-state index in [0.717, 1.165) is 0 Å². The van der Waals surface area contributed by atoms with Crippen LogP contribution < -0.4 is 5.32 Å². The molecule has 1 amide bonds. The van der Waals surface area contributed by atoms with E-state index in [1.165, 1.54) is 6.07 Å². The zero-order valence-electron chi connectivity index (χ0n) is 10.3. The van der Waals surface area contributed by atoms with Gasteiger partial charge in [0.15, 0.2) is 0 Å². The number of aromatic carboxylic acids is 1. The first-order valence-electron chi connectivity index (χ1n) is 5.22. The molecule has 2 N–H and O–H groups in total. The van der Waals surface area contributed by atoms with Crippen molar-refractivity contribution in [3.8, 4) is 0 Å². The first kappa shape index (κ1) is 14.5. The van der Waals surface area contributed by atoms with Gasteiger partial charge in [0.25, 0.3) is 0 Å². The van der Waals surface area contributed by atoms with Gasteiger partial charge in [-0.25, -0.2) is 9.59 Å². The molecule has 0 aliphatic heterocycles. The third-order valence-electron chi connectivity index (χ3n) is 1.86. The van der Waals surface area contributed by atoms with Crippen LogP contribution in [0.15, 0.2) is 22.7 Å². The van der Waals surface area contributed by atoms with Crippen molar-refractivity contribution < 1.29 is 19.4 Å². The summed E-state index contributed by atoms with van der Waals surface area (Å²) in [5.74, 6) is -1.13. The number of anilines is 1. The average Bonchev–Trinajstić information content (AvgIpc) is 2.13. The van der Waals surface area contributed by atoms with Crippen LogP contribution in [0, 0.1) is 0 Å². The van der Waals surface area contributed by atoms with E-state index >= 15 is 0 Å². The van der Waals surface area contributed by atoms with Crippen LogP contribution in [0.25, 0.3) is 0 Å². The molecule has 0 fully saturated rings. The first-order chi connectivity index (χ1) is 8.20. The lowest BCUT2D eigenvalue weighted by atomic mass is 10.2. The molecular weight excluding hydrogens is 302 g/mol. The standard InChI is InChI=1S/C12H14BrNO4/c1-12(2,3)18-11(17)14-8-6-4-5-7(13)9(8)10(15)16/h4-6H,1-3H3,(H,14,17)(H,15,16). The van der Waals surface area contributed by atoms with E-state index in [4.69, 9.17) is 9.84 Å². The molecule has 98 valence electrons. The highest BCUT2D eigenvalue weighted by atomic mass is 79.9. The monoisotopic (exact) mass is 315 g/mol. The number of hydrogen-bond donors (Lipinski definition) is 2. The number of carboxylic acid groups (broad SMARTS) is 1. The second-order valence-electron chi connectivity index (χ2n) is 4.59. The van der Waals surface area contributed by atoms with Gasteiger partial charge in [-0.05, 0) is 48.8 Å². The van der Waals surface area contributed by atoms with E-state index in [1.807, 2.05) is 0 Å². The fourth-order valence-electron chi connectivity index (χ4n) is 1.26. The second-order valence-corrected chi connectivity index (χ2v) is 5.45. The fourth-order valence-corrected chi connectivity index (χ4v) is 1.80. The molecule has 1 aromatic carbocycles. The lowest BCUT2D eigenvalue weighted by Gasteiger charge is -2.20. The number of ether oxygens (including phenoxy) is 1. The molecule has 0 spiro atoms. The Hall–Kier alpha value is -1.56. The molecule has 1 aromatic rings. The SMILES string of the molecule is CC(C)(C)OC(=O)Nc1cccc(Br)c1C(=O)O. The molecule has 18 heavy (non-hydrogen) atoms. The highest BCUT2D eigenvalue weighted by molar-refractivity contribution is 9.10. The summed E-state index contributed by atoms with van der Waals surface area (Å²) in [6.07, 6.45) is -0.692. The average molecular weight is 316 g/mol. The Labute approximate surface area is 113 Å². The van der Waals surface area contributed by atoms with Crippen LogP contribution in [-0.4, -0.2) is 22.8 Å². The van der Waals surface area contributed by atoms with E-state index < -0.39 is 17.7 Å². The topological polar surface area (TPSA) is 75.6 Å². The lowest BCUT2D eigenvalue weighted by molar-refractivity contribution is 0.0636. The molecule has 6 heteroatoms. The molecule has 0 bridgehead atoms. The van der Waals surface area contributed by atoms with Crippen LogP contribution in [0.5, 0.6) is 0 Å². The maximum atomic E-state index is 11.6. The molecule has 0 saturated carbocycles. The number of halogens is 1. The fraction of sp³-hybridized carbons (Fsp3) is 0.333. The second kappa shape index (κ2) is 5.39. The third-order valence-corrected chi connectivity index (χ3v) is 2.52. The number of hydrogen-bond acceptors (Lipinski definition) is 3. The quantitative estimate of drug-likeness (QED) is 0.875. The Morgan fingerprint density at radius 2 is 1.94 bits per heavy atom.